The molecule has 1 aliphatic rings. The van der Waals surface area contributed by atoms with Gasteiger partial charge in [0, 0.05) is 17.7 Å². The van der Waals surface area contributed by atoms with Gasteiger partial charge in [0.25, 0.3) is 5.69 Å². The number of nitrogens with two attached hydrogens (primary N) is 1. The molecule has 7 heteroatoms. The minimum Gasteiger partial charge on any atom is -0.544 e. The number of carbonyl (C=O) groups excluding carboxylic acids is 1. The van der Waals surface area contributed by atoms with E-state index >= 15 is 0 Å². The van der Waals surface area contributed by atoms with Gasteiger partial charge in [0.1, 0.15) is 12.0 Å². The Bertz CT molecular complexity index is 515. The van der Waals surface area contributed by atoms with Crippen molar-refractivity contribution in [1.29, 1.82) is 0 Å². The smallest absolute Gasteiger partial charge is 0.269 e. The largest absolute Gasteiger partial charge is 0.544 e. The summed E-state index contributed by atoms with van der Waals surface area (Å²) < 4.78 is -0.439. The van der Waals surface area contributed by atoms with Crippen LogP contribution in [0.5, 0.6) is 0 Å². The summed E-state index contributed by atoms with van der Waals surface area (Å²) >= 11 is 1.53. The van der Waals surface area contributed by atoms with Crippen LogP contribution in [0.25, 0.3) is 0 Å². The van der Waals surface area contributed by atoms with Gasteiger partial charge in [0.15, 0.2) is 5.37 Å². The van der Waals surface area contributed by atoms with Gasteiger partial charge in [-0.3, -0.25) is 10.1 Å². The van der Waals surface area contributed by atoms with Gasteiger partial charge >= 0.3 is 0 Å². The molecule has 2 N–H and O–H groups in total. The summed E-state index contributed by atoms with van der Waals surface area (Å²) in [7, 11) is 0. The topological polar surface area (TPSA) is 99.9 Å². The lowest BCUT2D eigenvalue weighted by molar-refractivity contribution is -0.695. The molecule has 6 nitrogen and oxygen atoms in total. The second-order valence-corrected chi connectivity index (χ2v) is 6.78. The van der Waals surface area contributed by atoms with Crippen LogP contribution < -0.4 is 10.4 Å². The number of rotatable bonds is 3. The number of nitrogens with zero attached hydrogens (tertiary/aromatic N) is 1. The first-order valence-electron chi connectivity index (χ1n) is 5.79. The van der Waals surface area contributed by atoms with Gasteiger partial charge in [-0.15, -0.1) is 0 Å². The molecule has 2 atom stereocenters. The van der Waals surface area contributed by atoms with Crippen molar-refractivity contribution in [2.75, 3.05) is 0 Å². The van der Waals surface area contributed by atoms with Crippen LogP contribution in [-0.4, -0.2) is 21.7 Å². The number of nitro benzene ring substituents is 1. The van der Waals surface area contributed by atoms with E-state index in [4.69, 9.17) is 0 Å². The molecule has 0 radical (unpaired) electrons. The molecule has 0 aromatic heterocycles. The molecule has 0 unspecified atom stereocenters. The molecule has 1 fully saturated rings. The molecule has 1 heterocycles. The Morgan fingerprint density at radius 3 is 2.37 bits per heavy atom. The van der Waals surface area contributed by atoms with Gasteiger partial charge in [0.2, 0.25) is 0 Å². The van der Waals surface area contributed by atoms with E-state index in [9.17, 15) is 20.0 Å². The lowest BCUT2D eigenvalue weighted by atomic mass is 10.0. The third-order valence-corrected chi connectivity index (χ3v) is 4.78. The van der Waals surface area contributed by atoms with Crippen molar-refractivity contribution in [3.63, 3.8) is 0 Å². The first kappa shape index (κ1) is 13.8. The first-order chi connectivity index (χ1) is 8.81. The number of carboxylic acid groups (broad SMARTS) is 1. The van der Waals surface area contributed by atoms with Crippen LogP contribution in [0.3, 0.4) is 0 Å². The van der Waals surface area contributed by atoms with Crippen molar-refractivity contribution >= 4 is 23.4 Å². The highest BCUT2D eigenvalue weighted by molar-refractivity contribution is 8.00. The Morgan fingerprint density at radius 1 is 1.37 bits per heavy atom. The summed E-state index contributed by atoms with van der Waals surface area (Å²) in [6.07, 6.45) is 0. The van der Waals surface area contributed by atoms with Crippen molar-refractivity contribution in [3.05, 3.63) is 39.9 Å². The van der Waals surface area contributed by atoms with Gasteiger partial charge in [-0.2, -0.15) is 0 Å². The highest BCUT2D eigenvalue weighted by Gasteiger charge is 2.46. The molecule has 1 aromatic carbocycles. The van der Waals surface area contributed by atoms with Crippen LogP contribution in [0.4, 0.5) is 5.69 Å². The first-order valence-corrected chi connectivity index (χ1v) is 6.67. The Kier molecular flexibility index (Phi) is 3.51. The van der Waals surface area contributed by atoms with E-state index in [1.54, 1.807) is 17.4 Å². The second kappa shape index (κ2) is 4.82. The maximum Gasteiger partial charge on any atom is 0.269 e. The Labute approximate surface area is 114 Å². The average molecular weight is 282 g/mol. The summed E-state index contributed by atoms with van der Waals surface area (Å²) in [6, 6.07) is 5.57. The molecular weight excluding hydrogens is 268 g/mol. The molecule has 1 aromatic rings. The lowest BCUT2D eigenvalue weighted by Crippen LogP contribution is -2.92. The summed E-state index contributed by atoms with van der Waals surface area (Å²) in [5.41, 5.74) is 0.898. The zero-order chi connectivity index (χ0) is 14.2. The fourth-order valence-corrected chi connectivity index (χ4v) is 3.68. The van der Waals surface area contributed by atoms with E-state index in [-0.39, 0.29) is 11.1 Å². The number of carboxylic acids is 1. The number of benzene rings is 1. The Balaban J connectivity index is 2.20. The van der Waals surface area contributed by atoms with E-state index in [2.05, 4.69) is 0 Å². The minimum absolute atomic E-state index is 0.0301. The molecule has 0 bridgehead atoms. The molecule has 0 aliphatic carbocycles. The number of hydrogen-bond donors (Lipinski definition) is 1. The fourth-order valence-electron chi connectivity index (χ4n) is 2.17. The zero-order valence-corrected chi connectivity index (χ0v) is 11.3. The van der Waals surface area contributed by atoms with E-state index in [1.807, 2.05) is 13.8 Å². The van der Waals surface area contributed by atoms with Gasteiger partial charge in [-0.05, 0) is 26.0 Å². The third-order valence-electron chi connectivity index (χ3n) is 3.23. The second-order valence-electron chi connectivity index (χ2n) is 4.98. The predicted octanol–water partition coefficient (Wildman–Crippen LogP) is -0.199. The maximum atomic E-state index is 11.1. The average Bonchev–Trinajstić information content (AvgIpc) is 2.65. The van der Waals surface area contributed by atoms with E-state index in [1.165, 1.54) is 23.9 Å². The van der Waals surface area contributed by atoms with Gasteiger partial charge in [0.05, 0.1) is 9.67 Å². The fraction of sp³-hybridized carbons (Fsp3) is 0.417. The number of hydrogen-bond acceptors (Lipinski definition) is 5. The summed E-state index contributed by atoms with van der Waals surface area (Å²) in [5, 5.41) is 23.3. The summed E-state index contributed by atoms with van der Waals surface area (Å²) in [5.74, 6) is -1.08. The summed E-state index contributed by atoms with van der Waals surface area (Å²) in [4.78, 5) is 21.2. The Hall–Kier alpha value is -1.60. The van der Waals surface area contributed by atoms with Crippen LogP contribution in [0.15, 0.2) is 24.3 Å². The third kappa shape index (κ3) is 2.71. The minimum atomic E-state index is -1.08. The molecule has 0 spiro atoms. The summed E-state index contributed by atoms with van der Waals surface area (Å²) in [6.45, 7) is 3.72. The lowest BCUT2D eigenvalue weighted by Gasteiger charge is -2.21. The van der Waals surface area contributed by atoms with Crippen molar-refractivity contribution in [2.24, 2.45) is 0 Å². The maximum absolute atomic E-state index is 11.1. The molecule has 2 rings (SSSR count). The number of thioether (sulfide) groups is 1. The van der Waals surface area contributed by atoms with Crippen molar-refractivity contribution in [3.8, 4) is 0 Å². The van der Waals surface area contributed by atoms with E-state index in [0.29, 0.717) is 0 Å². The van der Waals surface area contributed by atoms with Gasteiger partial charge in [-0.25, -0.2) is 0 Å². The van der Waals surface area contributed by atoms with E-state index < -0.39 is 21.7 Å². The zero-order valence-electron chi connectivity index (χ0n) is 10.5. The van der Waals surface area contributed by atoms with Gasteiger partial charge < -0.3 is 15.2 Å². The molecule has 1 aliphatic heterocycles. The SMILES string of the molecule is CC1(C)S[C@H](c2ccc([N+](=O)[O-])cc2)[NH2+][C@@H]1C(=O)[O-]. The Morgan fingerprint density at radius 2 is 1.95 bits per heavy atom. The van der Waals surface area contributed by atoms with Crippen LogP contribution in [0.1, 0.15) is 24.8 Å². The highest BCUT2D eigenvalue weighted by Crippen LogP contribution is 2.40. The number of non-ortho nitro benzene ring substituents is 1. The van der Waals surface area contributed by atoms with Crippen LogP contribution >= 0.6 is 11.8 Å². The normalized spacial score (nSPS) is 25.2. The van der Waals surface area contributed by atoms with Crippen molar-refractivity contribution in [1.82, 2.24) is 0 Å². The standard InChI is InChI=1S/C12H14N2O4S/c1-12(2)9(11(15)16)13-10(19-12)7-3-5-8(6-4-7)14(17)18/h3-6,9-10,13H,1-2H3,(H,15,16)/t9-,10-/m1/s1. The van der Waals surface area contributed by atoms with Crippen molar-refractivity contribution in [2.45, 2.75) is 30.0 Å². The number of nitro groups is 1. The molecule has 102 valence electrons. The molecule has 19 heavy (non-hydrogen) atoms. The molecule has 1 saturated heterocycles. The van der Waals surface area contributed by atoms with Crippen LogP contribution in [-0.2, 0) is 4.79 Å². The monoisotopic (exact) mass is 282 g/mol. The molecular formula is C12H14N2O4S. The van der Waals surface area contributed by atoms with Crippen LogP contribution in [0, 0.1) is 10.1 Å². The van der Waals surface area contributed by atoms with Crippen molar-refractivity contribution < 1.29 is 20.1 Å². The number of aliphatic carboxylic acids is 1. The van der Waals surface area contributed by atoms with Crippen LogP contribution in [0.2, 0.25) is 0 Å². The highest BCUT2D eigenvalue weighted by atomic mass is 32.2. The number of carbonyl (C=O) groups is 1. The number of quaternary nitrogens is 1. The molecule has 0 amide bonds. The van der Waals surface area contributed by atoms with E-state index in [0.717, 1.165) is 5.56 Å². The molecule has 0 saturated carbocycles. The predicted molar refractivity (Wildman–Crippen MR) is 68.2 cm³/mol. The quantitative estimate of drug-likeness (QED) is 0.611. The van der Waals surface area contributed by atoms with Gasteiger partial charge in [-0.1, -0.05) is 11.8 Å².